The summed E-state index contributed by atoms with van der Waals surface area (Å²) in [5, 5.41) is 23.2. The predicted octanol–water partition coefficient (Wildman–Crippen LogP) is 1.95. The third-order valence-corrected chi connectivity index (χ3v) is 3.55. The van der Waals surface area contributed by atoms with E-state index in [2.05, 4.69) is 5.32 Å². The molecule has 1 aromatic carbocycles. The minimum absolute atomic E-state index is 0.00981. The van der Waals surface area contributed by atoms with E-state index in [0.29, 0.717) is 37.3 Å². The van der Waals surface area contributed by atoms with Crippen LogP contribution in [0.5, 0.6) is 0 Å². The van der Waals surface area contributed by atoms with Gasteiger partial charge in [0.2, 0.25) is 0 Å². The second-order valence-corrected chi connectivity index (χ2v) is 4.88. The van der Waals surface area contributed by atoms with E-state index in [1.54, 1.807) is 13.0 Å². The van der Waals surface area contributed by atoms with Gasteiger partial charge < -0.3 is 15.2 Å². The molecular formula is C13H16N2O5. The fourth-order valence-electron chi connectivity index (χ4n) is 2.27. The Bertz CT molecular complexity index is 538. The molecule has 0 saturated carbocycles. The van der Waals surface area contributed by atoms with Crippen LogP contribution in [-0.4, -0.2) is 34.8 Å². The molecule has 1 aliphatic rings. The van der Waals surface area contributed by atoms with Gasteiger partial charge in [0.05, 0.1) is 4.92 Å². The van der Waals surface area contributed by atoms with Crippen molar-refractivity contribution in [2.24, 2.45) is 0 Å². The lowest BCUT2D eigenvalue weighted by molar-refractivity contribution is -0.384. The Morgan fingerprint density at radius 1 is 1.45 bits per heavy atom. The molecule has 1 aliphatic heterocycles. The SMILES string of the molecule is Cc1cc([N+](=O)[O-])ccc1NC1(C(=O)O)CCOCC1. The number of hydrogen-bond acceptors (Lipinski definition) is 5. The highest BCUT2D eigenvalue weighted by Gasteiger charge is 2.40. The first-order chi connectivity index (χ1) is 9.44. The van der Waals surface area contributed by atoms with E-state index in [4.69, 9.17) is 4.74 Å². The fourth-order valence-corrected chi connectivity index (χ4v) is 2.27. The largest absolute Gasteiger partial charge is 0.480 e. The van der Waals surface area contributed by atoms with E-state index in [-0.39, 0.29) is 5.69 Å². The van der Waals surface area contributed by atoms with Crippen molar-refractivity contribution in [1.82, 2.24) is 0 Å². The second-order valence-electron chi connectivity index (χ2n) is 4.88. The number of carboxylic acids is 1. The number of carboxylic acid groups (broad SMARTS) is 1. The van der Waals surface area contributed by atoms with E-state index < -0.39 is 16.4 Å². The lowest BCUT2D eigenvalue weighted by Crippen LogP contribution is -2.50. The zero-order valence-corrected chi connectivity index (χ0v) is 11.1. The van der Waals surface area contributed by atoms with Crippen LogP contribution in [0, 0.1) is 17.0 Å². The molecular weight excluding hydrogens is 264 g/mol. The summed E-state index contributed by atoms with van der Waals surface area (Å²) in [7, 11) is 0. The average molecular weight is 280 g/mol. The van der Waals surface area contributed by atoms with Crippen molar-refractivity contribution in [1.29, 1.82) is 0 Å². The molecule has 0 amide bonds. The van der Waals surface area contributed by atoms with Gasteiger partial charge in [-0.1, -0.05) is 0 Å². The number of hydrogen-bond donors (Lipinski definition) is 2. The second kappa shape index (κ2) is 5.46. The number of nitro groups is 1. The van der Waals surface area contributed by atoms with Gasteiger partial charge in [0.15, 0.2) is 0 Å². The molecule has 0 radical (unpaired) electrons. The van der Waals surface area contributed by atoms with Gasteiger partial charge in [0.25, 0.3) is 5.69 Å². The third kappa shape index (κ3) is 2.72. The van der Waals surface area contributed by atoms with E-state index in [1.165, 1.54) is 12.1 Å². The number of ether oxygens (including phenoxy) is 1. The molecule has 108 valence electrons. The number of aryl methyl sites for hydroxylation is 1. The summed E-state index contributed by atoms with van der Waals surface area (Å²) in [4.78, 5) is 21.8. The van der Waals surface area contributed by atoms with Crippen molar-refractivity contribution in [3.05, 3.63) is 33.9 Å². The Kier molecular flexibility index (Phi) is 3.89. The number of nitrogens with zero attached hydrogens (tertiary/aromatic N) is 1. The Morgan fingerprint density at radius 2 is 2.10 bits per heavy atom. The van der Waals surface area contributed by atoms with E-state index in [1.807, 2.05) is 0 Å². The summed E-state index contributed by atoms with van der Waals surface area (Å²) < 4.78 is 5.20. The molecule has 1 saturated heterocycles. The quantitative estimate of drug-likeness (QED) is 0.645. The topological polar surface area (TPSA) is 102 Å². The number of carbonyl (C=O) groups is 1. The molecule has 2 N–H and O–H groups in total. The maximum absolute atomic E-state index is 11.5. The maximum Gasteiger partial charge on any atom is 0.329 e. The molecule has 2 rings (SSSR count). The van der Waals surface area contributed by atoms with Crippen LogP contribution in [0.2, 0.25) is 0 Å². The molecule has 0 spiro atoms. The van der Waals surface area contributed by atoms with Crippen molar-refractivity contribution in [2.45, 2.75) is 25.3 Å². The lowest BCUT2D eigenvalue weighted by Gasteiger charge is -2.35. The van der Waals surface area contributed by atoms with Gasteiger partial charge in [-0.2, -0.15) is 0 Å². The highest BCUT2D eigenvalue weighted by molar-refractivity contribution is 5.83. The molecule has 20 heavy (non-hydrogen) atoms. The first kappa shape index (κ1) is 14.3. The number of nitro benzene ring substituents is 1. The van der Waals surface area contributed by atoms with E-state index >= 15 is 0 Å². The normalized spacial score (nSPS) is 17.4. The van der Waals surface area contributed by atoms with Gasteiger partial charge in [-0.3, -0.25) is 10.1 Å². The number of rotatable bonds is 4. The van der Waals surface area contributed by atoms with Crippen molar-refractivity contribution in [3.8, 4) is 0 Å². The minimum atomic E-state index is -1.07. The number of aliphatic carboxylic acids is 1. The summed E-state index contributed by atoms with van der Waals surface area (Å²) in [5.41, 5.74) is 0.162. The molecule has 0 aliphatic carbocycles. The molecule has 1 heterocycles. The van der Waals surface area contributed by atoms with Crippen LogP contribution < -0.4 is 5.32 Å². The Balaban J connectivity index is 2.27. The lowest BCUT2D eigenvalue weighted by atomic mass is 9.89. The van der Waals surface area contributed by atoms with Crippen LogP contribution in [0.4, 0.5) is 11.4 Å². The number of anilines is 1. The fraction of sp³-hybridized carbons (Fsp3) is 0.462. The molecule has 7 nitrogen and oxygen atoms in total. The first-order valence-electron chi connectivity index (χ1n) is 6.29. The molecule has 0 bridgehead atoms. The predicted molar refractivity (Wildman–Crippen MR) is 71.9 cm³/mol. The highest BCUT2D eigenvalue weighted by atomic mass is 16.6. The first-order valence-corrected chi connectivity index (χ1v) is 6.29. The summed E-state index contributed by atoms with van der Waals surface area (Å²) >= 11 is 0. The van der Waals surface area contributed by atoms with Crippen LogP contribution in [-0.2, 0) is 9.53 Å². The Morgan fingerprint density at radius 3 is 2.60 bits per heavy atom. The van der Waals surface area contributed by atoms with Crippen molar-refractivity contribution < 1.29 is 19.6 Å². The standard InChI is InChI=1S/C13H16N2O5/c1-9-8-10(15(18)19)2-3-11(9)14-13(12(16)17)4-6-20-7-5-13/h2-3,8,14H,4-7H2,1H3,(H,16,17). The number of nitrogens with one attached hydrogen (secondary N) is 1. The molecule has 0 aromatic heterocycles. The van der Waals surface area contributed by atoms with Crippen molar-refractivity contribution in [3.63, 3.8) is 0 Å². The monoisotopic (exact) mass is 280 g/mol. The Labute approximate surface area is 115 Å². The van der Waals surface area contributed by atoms with Gasteiger partial charge in [-0.25, -0.2) is 4.79 Å². The van der Waals surface area contributed by atoms with Crippen molar-refractivity contribution >= 4 is 17.3 Å². The molecule has 7 heteroatoms. The van der Waals surface area contributed by atoms with Crippen LogP contribution >= 0.6 is 0 Å². The smallest absolute Gasteiger partial charge is 0.329 e. The Hall–Kier alpha value is -2.15. The summed E-state index contributed by atoms with van der Waals surface area (Å²) in [5.74, 6) is -0.932. The van der Waals surface area contributed by atoms with Gasteiger partial charge >= 0.3 is 5.97 Å². The van der Waals surface area contributed by atoms with Gasteiger partial charge in [-0.05, 0) is 18.6 Å². The summed E-state index contributed by atoms with van der Waals surface area (Å²) in [6, 6.07) is 4.34. The average Bonchev–Trinajstić information content (AvgIpc) is 2.41. The maximum atomic E-state index is 11.5. The van der Waals surface area contributed by atoms with E-state index in [0.717, 1.165) is 0 Å². The third-order valence-electron chi connectivity index (χ3n) is 3.55. The molecule has 1 aromatic rings. The zero-order chi connectivity index (χ0) is 14.8. The van der Waals surface area contributed by atoms with Crippen LogP contribution in [0.15, 0.2) is 18.2 Å². The summed E-state index contributed by atoms with van der Waals surface area (Å²) in [6.07, 6.45) is 0.720. The van der Waals surface area contributed by atoms with Crippen LogP contribution in [0.25, 0.3) is 0 Å². The molecule has 1 fully saturated rings. The number of non-ortho nitro benzene ring substituents is 1. The van der Waals surface area contributed by atoms with Crippen LogP contribution in [0.1, 0.15) is 18.4 Å². The van der Waals surface area contributed by atoms with Gasteiger partial charge in [0.1, 0.15) is 5.54 Å². The van der Waals surface area contributed by atoms with E-state index in [9.17, 15) is 20.0 Å². The molecule has 0 unspecified atom stereocenters. The summed E-state index contributed by atoms with van der Waals surface area (Å²) in [6.45, 7) is 2.47. The zero-order valence-electron chi connectivity index (χ0n) is 11.1. The van der Waals surface area contributed by atoms with Crippen LogP contribution in [0.3, 0.4) is 0 Å². The highest BCUT2D eigenvalue weighted by Crippen LogP contribution is 2.29. The molecule has 0 atom stereocenters. The van der Waals surface area contributed by atoms with Gasteiger partial charge in [0, 0.05) is 43.9 Å². The number of benzene rings is 1. The minimum Gasteiger partial charge on any atom is -0.480 e. The van der Waals surface area contributed by atoms with Gasteiger partial charge in [-0.15, -0.1) is 0 Å². The van der Waals surface area contributed by atoms with Crippen molar-refractivity contribution in [2.75, 3.05) is 18.5 Å².